The van der Waals surface area contributed by atoms with Crippen LogP contribution >= 0.6 is 11.8 Å². The molecule has 34 heavy (non-hydrogen) atoms. The van der Waals surface area contributed by atoms with E-state index >= 15 is 0 Å². The van der Waals surface area contributed by atoms with E-state index in [9.17, 15) is 9.18 Å². The Labute approximate surface area is 199 Å². The number of carbonyl (C=O) groups excluding carboxylic acids is 1. The molecule has 2 aromatic carbocycles. The van der Waals surface area contributed by atoms with E-state index in [0.717, 1.165) is 15.3 Å². The topological polar surface area (TPSA) is 111 Å². The third kappa shape index (κ3) is 5.20. The van der Waals surface area contributed by atoms with Gasteiger partial charge in [-0.25, -0.2) is 19.2 Å². The van der Waals surface area contributed by atoms with Gasteiger partial charge in [0.1, 0.15) is 11.4 Å². The van der Waals surface area contributed by atoms with E-state index in [4.69, 9.17) is 14.0 Å². The Morgan fingerprint density at radius 2 is 1.82 bits per heavy atom. The molecule has 0 saturated carbocycles. The number of carbonyl (C=O) groups is 1. The van der Waals surface area contributed by atoms with E-state index in [1.54, 1.807) is 32.4 Å². The number of hydrogen-bond acceptors (Lipinski definition) is 8. The van der Waals surface area contributed by atoms with E-state index in [0.29, 0.717) is 22.7 Å². The lowest BCUT2D eigenvalue weighted by molar-refractivity contribution is 0.163. The SMILES string of the molecule is COc1cc2ncnc(Sc3cccc(NC(=O)Nc4cc(C(C)(C)F)on4)c3)c2cc1OC. The molecule has 2 heterocycles. The van der Waals surface area contributed by atoms with E-state index < -0.39 is 11.7 Å². The van der Waals surface area contributed by atoms with Crippen LogP contribution in [0.2, 0.25) is 0 Å². The Morgan fingerprint density at radius 1 is 1.06 bits per heavy atom. The van der Waals surface area contributed by atoms with Crippen LogP contribution in [-0.4, -0.2) is 35.4 Å². The van der Waals surface area contributed by atoms with Crippen molar-refractivity contribution in [3.8, 4) is 11.5 Å². The summed E-state index contributed by atoms with van der Waals surface area (Å²) in [7, 11) is 3.14. The Hall–Kier alpha value is -3.86. The summed E-state index contributed by atoms with van der Waals surface area (Å²) in [5, 5.41) is 10.4. The van der Waals surface area contributed by atoms with E-state index in [1.807, 2.05) is 18.2 Å². The molecule has 2 aromatic heterocycles. The maximum Gasteiger partial charge on any atom is 0.324 e. The highest BCUT2D eigenvalue weighted by Gasteiger charge is 2.25. The molecule has 0 unspecified atom stereocenters. The number of halogens is 1. The van der Waals surface area contributed by atoms with Crippen molar-refractivity contribution in [1.29, 1.82) is 0 Å². The molecule has 2 N–H and O–H groups in total. The van der Waals surface area contributed by atoms with Crippen molar-refractivity contribution >= 4 is 40.2 Å². The maximum atomic E-state index is 13.9. The van der Waals surface area contributed by atoms with Crippen molar-refractivity contribution in [2.24, 2.45) is 0 Å². The molecule has 0 aliphatic heterocycles. The summed E-state index contributed by atoms with van der Waals surface area (Å²) in [5.74, 6) is 1.29. The number of fused-ring (bicyclic) bond motifs is 1. The first-order chi connectivity index (χ1) is 16.3. The fourth-order valence-corrected chi connectivity index (χ4v) is 4.01. The summed E-state index contributed by atoms with van der Waals surface area (Å²) in [4.78, 5) is 21.9. The largest absolute Gasteiger partial charge is 0.493 e. The Bertz CT molecular complexity index is 1340. The number of aromatic nitrogens is 3. The molecule has 11 heteroatoms. The lowest BCUT2D eigenvalue weighted by Crippen LogP contribution is -2.19. The fraction of sp³-hybridized carbons (Fsp3) is 0.217. The van der Waals surface area contributed by atoms with Crippen LogP contribution in [0.5, 0.6) is 11.5 Å². The van der Waals surface area contributed by atoms with Gasteiger partial charge in [0.25, 0.3) is 0 Å². The van der Waals surface area contributed by atoms with Crippen molar-refractivity contribution in [3.05, 3.63) is 54.6 Å². The monoisotopic (exact) mass is 483 g/mol. The standard InChI is InChI=1S/C23H22FN5O4S/c1-23(2,24)19-11-20(29-33-19)28-22(30)27-13-6-5-7-14(8-13)34-21-15-9-17(31-3)18(32-4)10-16(15)25-12-26-21/h5-12H,1-4H3,(H2,27,28,29,30). The third-order valence-corrected chi connectivity index (χ3v) is 5.76. The van der Waals surface area contributed by atoms with Gasteiger partial charge in [0.2, 0.25) is 0 Å². The number of anilines is 2. The van der Waals surface area contributed by atoms with Crippen LogP contribution in [0.4, 0.5) is 20.7 Å². The number of amides is 2. The zero-order valence-electron chi connectivity index (χ0n) is 18.9. The molecule has 0 spiro atoms. The quantitative estimate of drug-likeness (QED) is 0.325. The van der Waals surface area contributed by atoms with Crippen molar-refractivity contribution in [3.63, 3.8) is 0 Å². The van der Waals surface area contributed by atoms with Crippen LogP contribution in [0.25, 0.3) is 10.9 Å². The fourth-order valence-electron chi connectivity index (χ4n) is 3.08. The zero-order chi connectivity index (χ0) is 24.3. The van der Waals surface area contributed by atoms with Crippen LogP contribution < -0.4 is 20.1 Å². The molecule has 2 amide bonds. The molecule has 9 nitrogen and oxygen atoms in total. The molecular weight excluding hydrogens is 461 g/mol. The highest BCUT2D eigenvalue weighted by atomic mass is 32.2. The van der Waals surface area contributed by atoms with Gasteiger partial charge in [-0.3, -0.25) is 5.32 Å². The van der Waals surface area contributed by atoms with Crippen molar-refractivity contribution in [2.75, 3.05) is 24.9 Å². The van der Waals surface area contributed by atoms with Crippen LogP contribution in [0, 0.1) is 0 Å². The zero-order valence-corrected chi connectivity index (χ0v) is 19.7. The molecular formula is C23H22FN5O4S. The first kappa shape index (κ1) is 23.3. The first-order valence-corrected chi connectivity index (χ1v) is 11.0. The number of nitrogens with zero attached hydrogens (tertiary/aromatic N) is 3. The summed E-state index contributed by atoms with van der Waals surface area (Å²) in [6, 6.07) is 11.7. The summed E-state index contributed by atoms with van der Waals surface area (Å²) in [5.41, 5.74) is -0.433. The molecule has 0 atom stereocenters. The second-order valence-corrected chi connectivity index (χ2v) is 8.72. The summed E-state index contributed by atoms with van der Waals surface area (Å²) in [6.07, 6.45) is 1.48. The number of ether oxygens (including phenoxy) is 2. The molecule has 4 aromatic rings. The highest BCUT2D eigenvalue weighted by Crippen LogP contribution is 2.37. The van der Waals surface area contributed by atoms with E-state index in [1.165, 1.54) is 38.0 Å². The normalized spacial score (nSPS) is 11.3. The van der Waals surface area contributed by atoms with Gasteiger partial charge in [-0.1, -0.05) is 23.0 Å². The number of benzene rings is 2. The number of alkyl halides is 1. The third-order valence-electron chi connectivity index (χ3n) is 4.75. The molecule has 0 aliphatic carbocycles. The Morgan fingerprint density at radius 3 is 2.53 bits per heavy atom. The molecule has 0 aliphatic rings. The van der Waals surface area contributed by atoms with Crippen LogP contribution in [-0.2, 0) is 5.67 Å². The number of rotatable bonds is 7. The number of hydrogen-bond donors (Lipinski definition) is 2. The number of methoxy groups -OCH3 is 2. The van der Waals surface area contributed by atoms with Gasteiger partial charge in [-0.2, -0.15) is 0 Å². The molecule has 0 radical (unpaired) electrons. The van der Waals surface area contributed by atoms with Crippen LogP contribution in [0.3, 0.4) is 0 Å². The van der Waals surface area contributed by atoms with E-state index in [2.05, 4.69) is 25.8 Å². The molecule has 4 rings (SSSR count). The minimum atomic E-state index is -1.70. The second-order valence-electron chi connectivity index (χ2n) is 7.66. The van der Waals surface area contributed by atoms with Crippen LogP contribution in [0.15, 0.2) is 63.2 Å². The predicted molar refractivity (Wildman–Crippen MR) is 126 cm³/mol. The lowest BCUT2D eigenvalue weighted by atomic mass is 10.1. The van der Waals surface area contributed by atoms with Gasteiger partial charge in [0, 0.05) is 28.1 Å². The maximum absolute atomic E-state index is 13.9. The van der Waals surface area contributed by atoms with Gasteiger partial charge in [0.15, 0.2) is 28.7 Å². The van der Waals surface area contributed by atoms with Gasteiger partial charge < -0.3 is 19.3 Å². The molecule has 0 fully saturated rings. The van der Waals surface area contributed by atoms with Gasteiger partial charge in [0.05, 0.1) is 19.7 Å². The number of urea groups is 1. The van der Waals surface area contributed by atoms with E-state index in [-0.39, 0.29) is 11.6 Å². The Kier molecular flexibility index (Phi) is 6.55. The minimum absolute atomic E-state index is 0.0209. The summed E-state index contributed by atoms with van der Waals surface area (Å²) >= 11 is 1.41. The predicted octanol–water partition coefficient (Wildman–Crippen LogP) is 5.63. The second kappa shape index (κ2) is 9.56. The molecule has 0 saturated heterocycles. The van der Waals surface area contributed by atoms with Gasteiger partial charge in [-0.15, -0.1) is 0 Å². The highest BCUT2D eigenvalue weighted by molar-refractivity contribution is 7.99. The lowest BCUT2D eigenvalue weighted by Gasteiger charge is -2.11. The summed E-state index contributed by atoms with van der Waals surface area (Å²) in [6.45, 7) is 2.68. The minimum Gasteiger partial charge on any atom is -0.493 e. The van der Waals surface area contributed by atoms with Gasteiger partial charge in [-0.05, 0) is 38.1 Å². The summed E-state index contributed by atoms with van der Waals surface area (Å²) < 4.78 is 29.6. The van der Waals surface area contributed by atoms with Crippen molar-refractivity contribution < 1.29 is 23.2 Å². The average Bonchev–Trinajstić information content (AvgIpc) is 3.27. The molecule has 176 valence electrons. The van der Waals surface area contributed by atoms with Crippen molar-refractivity contribution in [2.45, 2.75) is 29.4 Å². The number of nitrogens with one attached hydrogen (secondary N) is 2. The Balaban J connectivity index is 1.50. The smallest absolute Gasteiger partial charge is 0.324 e. The van der Waals surface area contributed by atoms with Gasteiger partial charge >= 0.3 is 6.03 Å². The first-order valence-electron chi connectivity index (χ1n) is 10.2. The van der Waals surface area contributed by atoms with Crippen LogP contribution in [0.1, 0.15) is 19.6 Å². The average molecular weight is 484 g/mol. The van der Waals surface area contributed by atoms with Crippen molar-refractivity contribution in [1.82, 2.24) is 15.1 Å². The molecule has 0 bridgehead atoms.